The molecule has 1 aromatic heterocycles. The number of aliphatic carboxylic acids is 1. The molecule has 0 fully saturated rings. The number of carboxylic acid groups (broad SMARTS) is 1. The molecule has 0 aliphatic carbocycles. The zero-order valence-corrected chi connectivity index (χ0v) is 12.5. The third-order valence-corrected chi connectivity index (χ3v) is 3.97. The molecule has 0 spiro atoms. The number of benzene rings is 1. The van der Waals surface area contributed by atoms with Crippen LogP contribution in [0.25, 0.3) is 0 Å². The monoisotopic (exact) mass is 332 g/mol. The zero-order valence-electron chi connectivity index (χ0n) is 10.2. The lowest BCUT2D eigenvalue weighted by molar-refractivity contribution is -0.133. The van der Waals surface area contributed by atoms with Gasteiger partial charge in [-0.1, -0.05) is 34.4 Å². The highest BCUT2D eigenvalue weighted by molar-refractivity contribution is 7.99. The van der Waals surface area contributed by atoms with Crippen LogP contribution in [0, 0.1) is 0 Å². The molecule has 2 rings (SSSR count). The van der Waals surface area contributed by atoms with Crippen LogP contribution < -0.4 is 0 Å². The standard InChI is InChI=1S/C12H10Cl2N2O3S/c13-8-2-1-3-9(14)7(8)4-10-15-11(19-16-10)5-20-6-12(17)18/h1-3H,4-6H2,(H,17,18). The Kier molecular flexibility index (Phi) is 5.28. The van der Waals surface area contributed by atoms with Gasteiger partial charge in [0.15, 0.2) is 5.82 Å². The molecule has 1 N–H and O–H groups in total. The Morgan fingerprint density at radius 1 is 1.35 bits per heavy atom. The lowest BCUT2D eigenvalue weighted by Gasteiger charge is -2.02. The van der Waals surface area contributed by atoms with Crippen molar-refractivity contribution in [2.45, 2.75) is 12.2 Å². The predicted molar refractivity (Wildman–Crippen MR) is 77.4 cm³/mol. The summed E-state index contributed by atoms with van der Waals surface area (Å²) in [6, 6.07) is 5.25. The van der Waals surface area contributed by atoms with Crippen molar-refractivity contribution in [3.8, 4) is 0 Å². The van der Waals surface area contributed by atoms with Crippen LogP contribution in [0.1, 0.15) is 17.3 Å². The van der Waals surface area contributed by atoms with Crippen LogP contribution in [0.4, 0.5) is 0 Å². The van der Waals surface area contributed by atoms with E-state index in [2.05, 4.69) is 10.1 Å². The van der Waals surface area contributed by atoms with Crippen LogP contribution in [-0.4, -0.2) is 27.0 Å². The molecule has 1 heterocycles. The predicted octanol–water partition coefficient (Wildman–Crippen LogP) is 3.29. The van der Waals surface area contributed by atoms with Gasteiger partial charge in [0.1, 0.15) is 0 Å². The fourth-order valence-electron chi connectivity index (χ4n) is 1.51. The average Bonchev–Trinajstić information content (AvgIpc) is 2.81. The molecule has 0 aliphatic heterocycles. The molecule has 2 aromatic rings. The minimum Gasteiger partial charge on any atom is -0.481 e. The van der Waals surface area contributed by atoms with E-state index in [-0.39, 0.29) is 5.75 Å². The summed E-state index contributed by atoms with van der Waals surface area (Å²) >= 11 is 13.3. The van der Waals surface area contributed by atoms with Gasteiger partial charge in [-0.3, -0.25) is 4.79 Å². The smallest absolute Gasteiger partial charge is 0.313 e. The Labute approximate surface area is 129 Å². The lowest BCUT2D eigenvalue weighted by atomic mass is 10.1. The molecule has 0 atom stereocenters. The van der Waals surface area contributed by atoms with Crippen molar-refractivity contribution in [3.05, 3.63) is 45.5 Å². The summed E-state index contributed by atoms with van der Waals surface area (Å²) in [5.74, 6) is 0.321. The van der Waals surface area contributed by atoms with Gasteiger partial charge < -0.3 is 9.63 Å². The van der Waals surface area contributed by atoms with Crippen molar-refractivity contribution in [1.29, 1.82) is 0 Å². The number of carboxylic acids is 1. The highest BCUT2D eigenvalue weighted by Crippen LogP contribution is 2.26. The molecule has 1 aromatic carbocycles. The van der Waals surface area contributed by atoms with E-state index in [4.69, 9.17) is 32.8 Å². The molecule has 5 nitrogen and oxygen atoms in total. The molecule has 0 saturated carbocycles. The molecule has 0 aliphatic rings. The first kappa shape index (κ1) is 15.2. The van der Waals surface area contributed by atoms with E-state index in [1.807, 2.05) is 0 Å². The molecule has 0 bridgehead atoms. The quantitative estimate of drug-likeness (QED) is 0.874. The number of rotatable bonds is 6. The van der Waals surface area contributed by atoms with Gasteiger partial charge in [-0.15, -0.1) is 11.8 Å². The van der Waals surface area contributed by atoms with Gasteiger partial charge in [0.2, 0.25) is 5.89 Å². The number of halogens is 2. The van der Waals surface area contributed by atoms with Gasteiger partial charge in [0.05, 0.1) is 11.5 Å². The van der Waals surface area contributed by atoms with Crippen LogP contribution in [-0.2, 0) is 17.0 Å². The van der Waals surface area contributed by atoms with E-state index in [0.717, 1.165) is 5.56 Å². The van der Waals surface area contributed by atoms with Gasteiger partial charge in [-0.2, -0.15) is 4.98 Å². The topological polar surface area (TPSA) is 76.2 Å². The maximum absolute atomic E-state index is 10.4. The van der Waals surface area contributed by atoms with Crippen molar-refractivity contribution in [2.75, 3.05) is 5.75 Å². The van der Waals surface area contributed by atoms with Crippen molar-refractivity contribution >= 4 is 40.9 Å². The molecule has 106 valence electrons. The third-order valence-electron chi connectivity index (χ3n) is 2.36. The first-order valence-corrected chi connectivity index (χ1v) is 7.51. The minimum absolute atomic E-state index is 0.00590. The van der Waals surface area contributed by atoms with E-state index in [1.165, 1.54) is 11.8 Å². The largest absolute Gasteiger partial charge is 0.481 e. The van der Waals surface area contributed by atoms with Crippen LogP contribution >= 0.6 is 35.0 Å². The Balaban J connectivity index is 2.01. The van der Waals surface area contributed by atoms with Gasteiger partial charge in [0.25, 0.3) is 0 Å². The number of thioether (sulfide) groups is 1. The number of nitrogens with zero attached hydrogens (tertiary/aromatic N) is 2. The van der Waals surface area contributed by atoms with Gasteiger partial charge in [-0.25, -0.2) is 0 Å². The van der Waals surface area contributed by atoms with Crippen LogP contribution in [0.3, 0.4) is 0 Å². The van der Waals surface area contributed by atoms with Crippen LogP contribution in [0.2, 0.25) is 10.0 Å². The Morgan fingerprint density at radius 2 is 2.05 bits per heavy atom. The van der Waals surface area contributed by atoms with Crippen LogP contribution in [0.15, 0.2) is 22.7 Å². The highest BCUT2D eigenvalue weighted by atomic mass is 35.5. The molecular formula is C12H10Cl2N2O3S. The summed E-state index contributed by atoms with van der Waals surface area (Å²) in [5, 5.41) is 13.5. The number of hydrogen-bond acceptors (Lipinski definition) is 5. The lowest BCUT2D eigenvalue weighted by Crippen LogP contribution is -1.98. The fourth-order valence-corrected chi connectivity index (χ4v) is 2.61. The number of carbonyl (C=O) groups is 1. The third kappa shape index (κ3) is 4.13. The summed E-state index contributed by atoms with van der Waals surface area (Å²) in [6.45, 7) is 0. The van der Waals surface area contributed by atoms with E-state index in [0.29, 0.717) is 33.9 Å². The van der Waals surface area contributed by atoms with Crippen molar-refractivity contribution in [2.24, 2.45) is 0 Å². The van der Waals surface area contributed by atoms with Crippen molar-refractivity contribution in [1.82, 2.24) is 10.1 Å². The summed E-state index contributed by atoms with van der Waals surface area (Å²) in [5.41, 5.74) is 0.737. The maximum atomic E-state index is 10.4. The second-order valence-electron chi connectivity index (χ2n) is 3.87. The second kappa shape index (κ2) is 6.97. The summed E-state index contributed by atoms with van der Waals surface area (Å²) in [7, 11) is 0. The first-order valence-electron chi connectivity index (χ1n) is 5.60. The van der Waals surface area contributed by atoms with E-state index >= 15 is 0 Å². The minimum atomic E-state index is -0.877. The van der Waals surface area contributed by atoms with E-state index in [9.17, 15) is 4.79 Å². The first-order chi connectivity index (χ1) is 9.56. The Hall–Kier alpha value is -1.24. The average molecular weight is 333 g/mol. The second-order valence-corrected chi connectivity index (χ2v) is 5.67. The zero-order chi connectivity index (χ0) is 14.5. The van der Waals surface area contributed by atoms with Crippen molar-refractivity contribution in [3.63, 3.8) is 0 Å². The SMILES string of the molecule is O=C(O)CSCc1nc(Cc2c(Cl)cccc2Cl)no1. The molecule has 8 heteroatoms. The summed E-state index contributed by atoms with van der Waals surface area (Å²) < 4.78 is 5.04. The summed E-state index contributed by atoms with van der Waals surface area (Å²) in [6.07, 6.45) is 0.367. The van der Waals surface area contributed by atoms with E-state index in [1.54, 1.807) is 18.2 Å². The molecule has 0 amide bonds. The molecule has 20 heavy (non-hydrogen) atoms. The number of aromatic nitrogens is 2. The Morgan fingerprint density at radius 3 is 2.70 bits per heavy atom. The highest BCUT2D eigenvalue weighted by Gasteiger charge is 2.12. The Bertz CT molecular complexity index is 598. The van der Waals surface area contributed by atoms with Crippen molar-refractivity contribution < 1.29 is 14.4 Å². The molecule has 0 radical (unpaired) electrons. The van der Waals surface area contributed by atoms with Gasteiger partial charge in [0, 0.05) is 16.5 Å². The fraction of sp³-hybridized carbons (Fsp3) is 0.250. The molecular weight excluding hydrogens is 323 g/mol. The van der Waals surface area contributed by atoms with Gasteiger partial charge >= 0.3 is 5.97 Å². The van der Waals surface area contributed by atoms with Gasteiger partial charge in [-0.05, 0) is 17.7 Å². The summed E-state index contributed by atoms with van der Waals surface area (Å²) in [4.78, 5) is 14.6. The number of hydrogen-bond donors (Lipinski definition) is 1. The molecule has 0 unspecified atom stereocenters. The normalized spacial score (nSPS) is 10.7. The molecule has 0 saturated heterocycles. The van der Waals surface area contributed by atoms with E-state index < -0.39 is 5.97 Å². The van der Waals surface area contributed by atoms with Crippen LogP contribution in [0.5, 0.6) is 0 Å². The maximum Gasteiger partial charge on any atom is 0.313 e.